The second-order valence-corrected chi connectivity index (χ2v) is 2.44. The lowest BCUT2D eigenvalue weighted by Gasteiger charge is -2.14. The summed E-state index contributed by atoms with van der Waals surface area (Å²) in [6, 6.07) is 0. The highest BCUT2D eigenvalue weighted by molar-refractivity contribution is 4.58. The molecule has 0 bridgehead atoms. The summed E-state index contributed by atoms with van der Waals surface area (Å²) in [7, 11) is 0. The van der Waals surface area contributed by atoms with Gasteiger partial charge in [-0.05, 0) is 6.92 Å². The van der Waals surface area contributed by atoms with Gasteiger partial charge in [0.05, 0.1) is 6.61 Å². The summed E-state index contributed by atoms with van der Waals surface area (Å²) in [5.74, 6) is -3.06. The van der Waals surface area contributed by atoms with E-state index in [0.29, 0.717) is 6.92 Å². The molecule has 0 aromatic heterocycles. The van der Waals surface area contributed by atoms with E-state index in [-0.39, 0.29) is 0 Å². The van der Waals surface area contributed by atoms with Gasteiger partial charge in [-0.25, -0.2) is 13.2 Å². The molecule has 0 atom stereocenters. The molecular weight excluding hydrogens is 183 g/mol. The Morgan fingerprint density at radius 3 is 2.00 bits per heavy atom. The van der Waals surface area contributed by atoms with Gasteiger partial charge in [-0.15, -0.1) is 0 Å². The van der Waals surface area contributed by atoms with Crippen molar-refractivity contribution in [3.8, 4) is 0 Å². The molecule has 0 saturated heterocycles. The highest BCUT2D eigenvalue weighted by Crippen LogP contribution is 2.20. The maximum Gasteiger partial charge on any atom is 0.384 e. The van der Waals surface area contributed by atoms with Crippen molar-refractivity contribution in [1.29, 1.82) is 0 Å². The summed E-state index contributed by atoms with van der Waals surface area (Å²) in [5.41, 5.74) is 0. The molecule has 0 N–H and O–H groups in total. The van der Waals surface area contributed by atoms with Crippen LogP contribution in [-0.2, 0) is 4.74 Å². The fourth-order valence-electron chi connectivity index (χ4n) is 0.418. The van der Waals surface area contributed by atoms with Crippen LogP contribution in [0.4, 0.5) is 22.0 Å². The molecule has 0 saturated carbocycles. The number of alkyl halides is 5. The third-order valence-corrected chi connectivity index (χ3v) is 1.01. The fraction of sp³-hybridized carbons (Fsp3) is 1.00. The van der Waals surface area contributed by atoms with Crippen molar-refractivity contribution >= 4 is 0 Å². The number of hydrogen-bond acceptors (Lipinski definition) is 1. The van der Waals surface area contributed by atoms with Crippen molar-refractivity contribution in [2.75, 3.05) is 13.3 Å². The van der Waals surface area contributed by atoms with Crippen LogP contribution in [0.5, 0.6) is 0 Å². The first-order valence-corrected chi connectivity index (χ1v) is 3.22. The van der Waals surface area contributed by atoms with E-state index in [1.165, 1.54) is 0 Å². The van der Waals surface area contributed by atoms with E-state index in [1.807, 2.05) is 0 Å². The Morgan fingerprint density at radius 1 is 1.17 bits per heavy atom. The SMILES string of the molecule is CC(F)(F)CCOC(F)(F)CF. The summed E-state index contributed by atoms with van der Waals surface area (Å²) < 4.78 is 62.6. The predicted octanol–water partition coefficient (Wildman–Crippen LogP) is 2.61. The number of ether oxygens (including phenoxy) is 1. The van der Waals surface area contributed by atoms with Gasteiger partial charge >= 0.3 is 6.11 Å². The molecule has 0 aromatic rings. The summed E-state index contributed by atoms with van der Waals surface area (Å²) in [5, 5.41) is 0. The monoisotopic (exact) mass is 192 g/mol. The molecular formula is C6H9F5O. The average Bonchev–Trinajstić information content (AvgIpc) is 1.84. The largest absolute Gasteiger partial charge is 0.384 e. The molecule has 0 amide bonds. The summed E-state index contributed by atoms with van der Waals surface area (Å²) in [4.78, 5) is 0. The second-order valence-electron chi connectivity index (χ2n) is 2.44. The highest BCUT2D eigenvalue weighted by Gasteiger charge is 2.31. The first-order chi connectivity index (χ1) is 5.27. The molecule has 1 nitrogen and oxygen atoms in total. The average molecular weight is 192 g/mol. The van der Waals surface area contributed by atoms with Gasteiger partial charge in [-0.1, -0.05) is 0 Å². The Balaban J connectivity index is 3.57. The lowest BCUT2D eigenvalue weighted by molar-refractivity contribution is -0.250. The van der Waals surface area contributed by atoms with Crippen molar-refractivity contribution in [3.63, 3.8) is 0 Å². The van der Waals surface area contributed by atoms with Crippen molar-refractivity contribution < 1.29 is 26.7 Å². The number of rotatable bonds is 5. The van der Waals surface area contributed by atoms with Crippen LogP contribution >= 0.6 is 0 Å². The Bertz CT molecular complexity index is 130. The molecule has 0 aliphatic rings. The van der Waals surface area contributed by atoms with E-state index >= 15 is 0 Å². The quantitative estimate of drug-likeness (QED) is 0.608. The molecule has 0 aromatic carbocycles. The zero-order valence-electron chi connectivity index (χ0n) is 6.42. The van der Waals surface area contributed by atoms with E-state index in [0.717, 1.165) is 0 Å². The molecule has 0 unspecified atom stereocenters. The first-order valence-electron chi connectivity index (χ1n) is 3.22. The Morgan fingerprint density at radius 2 is 1.67 bits per heavy atom. The minimum absolute atomic E-state index is 0.573. The summed E-state index contributed by atoms with van der Waals surface area (Å²) in [6.45, 7) is -2.29. The molecule has 0 heterocycles. The van der Waals surface area contributed by atoms with Crippen LogP contribution in [-0.4, -0.2) is 25.3 Å². The van der Waals surface area contributed by atoms with E-state index < -0.39 is 31.7 Å². The second kappa shape index (κ2) is 4.02. The topological polar surface area (TPSA) is 9.23 Å². The lowest BCUT2D eigenvalue weighted by Crippen LogP contribution is -2.26. The normalized spacial score (nSPS) is 13.5. The van der Waals surface area contributed by atoms with Gasteiger partial charge in [0.15, 0.2) is 6.67 Å². The zero-order valence-corrected chi connectivity index (χ0v) is 6.42. The van der Waals surface area contributed by atoms with Crippen LogP contribution in [0.15, 0.2) is 0 Å². The van der Waals surface area contributed by atoms with Crippen LogP contribution in [0.1, 0.15) is 13.3 Å². The fourth-order valence-corrected chi connectivity index (χ4v) is 0.418. The van der Waals surface area contributed by atoms with Gasteiger partial charge < -0.3 is 4.74 Å². The Labute approximate surface area is 66.5 Å². The summed E-state index contributed by atoms with van der Waals surface area (Å²) in [6.07, 6.45) is -4.78. The van der Waals surface area contributed by atoms with Crippen molar-refractivity contribution in [3.05, 3.63) is 0 Å². The molecule has 74 valence electrons. The van der Waals surface area contributed by atoms with Crippen molar-refractivity contribution in [1.82, 2.24) is 0 Å². The predicted molar refractivity (Wildman–Crippen MR) is 32.1 cm³/mol. The molecule has 0 rings (SSSR count). The van der Waals surface area contributed by atoms with Gasteiger partial charge in [0.2, 0.25) is 5.92 Å². The van der Waals surface area contributed by atoms with Crippen molar-refractivity contribution in [2.45, 2.75) is 25.4 Å². The van der Waals surface area contributed by atoms with Crippen LogP contribution in [0.2, 0.25) is 0 Å². The van der Waals surface area contributed by atoms with E-state index in [2.05, 4.69) is 4.74 Å². The third kappa shape index (κ3) is 6.33. The van der Waals surface area contributed by atoms with E-state index in [1.54, 1.807) is 0 Å². The number of halogens is 5. The lowest BCUT2D eigenvalue weighted by atomic mass is 10.3. The van der Waals surface area contributed by atoms with E-state index in [9.17, 15) is 22.0 Å². The summed E-state index contributed by atoms with van der Waals surface area (Å²) >= 11 is 0. The van der Waals surface area contributed by atoms with Gasteiger partial charge in [0, 0.05) is 6.42 Å². The smallest absolute Gasteiger partial charge is 0.318 e. The zero-order chi connectivity index (χ0) is 9.83. The van der Waals surface area contributed by atoms with Crippen molar-refractivity contribution in [2.24, 2.45) is 0 Å². The van der Waals surface area contributed by atoms with Gasteiger partial charge in [0.1, 0.15) is 0 Å². The third-order valence-electron chi connectivity index (χ3n) is 1.01. The number of hydrogen-bond donors (Lipinski definition) is 0. The highest BCUT2D eigenvalue weighted by atomic mass is 19.3. The molecule has 6 heteroatoms. The van der Waals surface area contributed by atoms with Gasteiger partial charge in [0.25, 0.3) is 0 Å². The minimum Gasteiger partial charge on any atom is -0.318 e. The Hall–Kier alpha value is -0.390. The molecule has 0 aliphatic heterocycles. The van der Waals surface area contributed by atoms with E-state index in [4.69, 9.17) is 0 Å². The first kappa shape index (κ1) is 11.6. The molecule has 0 spiro atoms. The van der Waals surface area contributed by atoms with Crippen LogP contribution in [0.25, 0.3) is 0 Å². The van der Waals surface area contributed by atoms with Crippen LogP contribution in [0, 0.1) is 0 Å². The standard InChI is InChI=1S/C6H9F5O/c1-5(8,9)2-3-12-6(10,11)4-7/h2-4H2,1H3. The molecule has 12 heavy (non-hydrogen) atoms. The molecule has 0 aliphatic carbocycles. The van der Waals surface area contributed by atoms with Gasteiger partial charge in [-0.2, -0.15) is 8.78 Å². The minimum atomic E-state index is -3.94. The maximum absolute atomic E-state index is 12.0. The Kier molecular flexibility index (Phi) is 3.89. The van der Waals surface area contributed by atoms with Crippen LogP contribution < -0.4 is 0 Å². The van der Waals surface area contributed by atoms with Crippen LogP contribution in [0.3, 0.4) is 0 Å². The molecule has 0 radical (unpaired) electrons. The maximum atomic E-state index is 12.0. The van der Waals surface area contributed by atoms with Gasteiger partial charge in [-0.3, -0.25) is 0 Å². The molecule has 0 fully saturated rings.